The molecule has 0 spiro atoms. The van der Waals surface area contributed by atoms with E-state index in [2.05, 4.69) is 12.4 Å². The minimum atomic E-state index is -3.76. The lowest BCUT2D eigenvalue weighted by atomic mass is 10.5. The van der Waals surface area contributed by atoms with Gasteiger partial charge in [0, 0.05) is 7.05 Å². The van der Waals surface area contributed by atoms with E-state index in [0.29, 0.717) is 13.0 Å². The van der Waals surface area contributed by atoms with Crippen LogP contribution >= 0.6 is 7.60 Å². The van der Waals surface area contributed by atoms with Crippen LogP contribution in [0.5, 0.6) is 0 Å². The van der Waals surface area contributed by atoms with Crippen LogP contribution in [0.15, 0.2) is 0 Å². The summed E-state index contributed by atoms with van der Waals surface area (Å²) in [6.45, 7) is 0.547. The second-order valence-corrected chi connectivity index (χ2v) is 3.52. The van der Waals surface area contributed by atoms with Gasteiger partial charge < -0.3 is 15.1 Å². The van der Waals surface area contributed by atoms with E-state index in [9.17, 15) is 4.57 Å². The Morgan fingerprint density at radius 1 is 1.56 bits per heavy atom. The normalized spacial score (nSPS) is 11.9. The lowest BCUT2D eigenvalue weighted by Crippen LogP contribution is -2.06. The first-order chi connectivity index (χ1) is 4.06. The third-order valence-electron chi connectivity index (χ3n) is 0.803. The molecule has 0 aliphatic heterocycles. The minimum absolute atomic E-state index is 0.0600. The highest BCUT2D eigenvalue weighted by molar-refractivity contribution is 7.51. The average Bonchev–Trinajstić information content (AvgIpc) is 1.63. The maximum atomic E-state index is 10.2. The largest absolute Gasteiger partial charge is 0.325 e. The van der Waals surface area contributed by atoms with Gasteiger partial charge in [0.2, 0.25) is 0 Å². The maximum Gasteiger partial charge on any atom is 0.325 e. The first-order valence-electron chi connectivity index (χ1n) is 2.61. The molecule has 0 bridgehead atoms. The zero-order valence-corrected chi connectivity index (χ0v) is 5.97. The van der Waals surface area contributed by atoms with Gasteiger partial charge in [0.1, 0.15) is 0 Å². The van der Waals surface area contributed by atoms with Crippen molar-refractivity contribution in [1.29, 1.82) is 0 Å². The van der Waals surface area contributed by atoms with Crippen LogP contribution in [0.25, 0.3) is 0 Å². The van der Waals surface area contributed by atoms with Gasteiger partial charge in [0.15, 0.2) is 0 Å². The summed E-state index contributed by atoms with van der Waals surface area (Å²) in [4.78, 5) is 16.6. The van der Waals surface area contributed by atoms with E-state index in [1.54, 1.807) is 0 Å². The van der Waals surface area contributed by atoms with Crippen molar-refractivity contribution >= 4 is 7.60 Å². The fourth-order valence-corrected chi connectivity index (χ4v) is 0.980. The van der Waals surface area contributed by atoms with E-state index in [-0.39, 0.29) is 6.16 Å². The molecule has 5 heteroatoms. The Kier molecular flexibility index (Phi) is 4.06. The van der Waals surface area contributed by atoms with Gasteiger partial charge in [0.25, 0.3) is 0 Å². The van der Waals surface area contributed by atoms with Crippen LogP contribution in [-0.4, -0.2) is 22.5 Å². The molecule has 55 valence electrons. The Hall–Kier alpha value is 0.110. The average molecular weight is 152 g/mol. The van der Waals surface area contributed by atoms with E-state index >= 15 is 0 Å². The second-order valence-electron chi connectivity index (χ2n) is 1.74. The third-order valence-corrected chi connectivity index (χ3v) is 1.70. The van der Waals surface area contributed by atoms with Crippen LogP contribution < -0.4 is 5.32 Å². The number of nitrogens with one attached hydrogen (secondary N) is 1. The van der Waals surface area contributed by atoms with Gasteiger partial charge in [-0.15, -0.1) is 0 Å². The first-order valence-corrected chi connectivity index (χ1v) is 4.40. The molecule has 0 aromatic heterocycles. The number of hydrogen-bond donors (Lipinski definition) is 3. The lowest BCUT2D eigenvalue weighted by Gasteiger charge is -2.01. The van der Waals surface area contributed by atoms with Gasteiger partial charge in [-0.2, -0.15) is 0 Å². The molecule has 0 amide bonds. The molecule has 0 rings (SSSR count). The predicted octanol–water partition coefficient (Wildman–Crippen LogP) is -0.0646. The summed E-state index contributed by atoms with van der Waals surface area (Å²) in [6, 6.07) is 0. The second kappa shape index (κ2) is 4.01. The Bertz CT molecular complexity index is 110. The summed E-state index contributed by atoms with van der Waals surface area (Å²) in [5, 5.41) is 2.55. The molecular weight excluding hydrogens is 141 g/mol. The van der Waals surface area contributed by atoms with E-state index < -0.39 is 7.60 Å². The van der Waals surface area contributed by atoms with Crippen LogP contribution in [0.4, 0.5) is 0 Å². The standard InChI is InChI=1S/C4H11NO3P/c1-5-3-2-4-9(6,7)8/h5H,1-4H2,(H2,6,7,8). The third kappa shape index (κ3) is 8.11. The van der Waals surface area contributed by atoms with E-state index in [0.717, 1.165) is 0 Å². The summed E-state index contributed by atoms with van der Waals surface area (Å²) >= 11 is 0. The highest BCUT2D eigenvalue weighted by Gasteiger charge is 2.10. The predicted molar refractivity (Wildman–Crippen MR) is 34.9 cm³/mol. The molecule has 0 aliphatic carbocycles. The Balaban J connectivity index is 3.18. The highest BCUT2D eigenvalue weighted by atomic mass is 31.2. The molecule has 1 radical (unpaired) electrons. The van der Waals surface area contributed by atoms with Crippen LogP contribution in [-0.2, 0) is 4.57 Å². The van der Waals surface area contributed by atoms with Crippen LogP contribution in [0.1, 0.15) is 6.42 Å². The number of rotatable bonds is 4. The van der Waals surface area contributed by atoms with Gasteiger partial charge in [-0.3, -0.25) is 4.57 Å². The fraction of sp³-hybridized carbons (Fsp3) is 0.750. The fourth-order valence-electron chi connectivity index (χ4n) is 0.410. The summed E-state index contributed by atoms with van der Waals surface area (Å²) < 4.78 is 10.2. The molecule has 9 heavy (non-hydrogen) atoms. The Morgan fingerprint density at radius 2 is 2.11 bits per heavy atom. The smallest absolute Gasteiger partial charge is 0.324 e. The Morgan fingerprint density at radius 3 is 2.44 bits per heavy atom. The summed E-state index contributed by atoms with van der Waals surface area (Å²) in [5.74, 6) is 0. The van der Waals surface area contributed by atoms with Crippen molar-refractivity contribution in [2.45, 2.75) is 6.42 Å². The van der Waals surface area contributed by atoms with Crippen LogP contribution in [0, 0.1) is 7.05 Å². The number of hydrogen-bond acceptors (Lipinski definition) is 2. The van der Waals surface area contributed by atoms with E-state index in [1.807, 2.05) is 0 Å². The molecule has 0 saturated heterocycles. The molecule has 0 heterocycles. The van der Waals surface area contributed by atoms with Gasteiger partial charge in [-0.05, 0) is 13.0 Å². The van der Waals surface area contributed by atoms with Crippen molar-refractivity contribution in [1.82, 2.24) is 5.32 Å². The molecule has 0 fully saturated rings. The zero-order valence-electron chi connectivity index (χ0n) is 5.08. The Labute approximate surface area is 54.4 Å². The van der Waals surface area contributed by atoms with Gasteiger partial charge in [0.05, 0.1) is 6.16 Å². The van der Waals surface area contributed by atoms with Crippen LogP contribution in [0.3, 0.4) is 0 Å². The molecule has 0 aromatic carbocycles. The van der Waals surface area contributed by atoms with Crippen molar-refractivity contribution < 1.29 is 14.4 Å². The SMILES string of the molecule is [CH2]NCCCP(=O)(O)O. The molecule has 0 unspecified atom stereocenters. The van der Waals surface area contributed by atoms with Crippen molar-refractivity contribution in [2.75, 3.05) is 12.7 Å². The molecule has 0 aliphatic rings. The zero-order chi connectivity index (χ0) is 7.33. The lowest BCUT2D eigenvalue weighted by molar-refractivity contribution is 0.371. The van der Waals surface area contributed by atoms with E-state index in [1.165, 1.54) is 0 Å². The molecule has 4 nitrogen and oxygen atoms in total. The minimum Gasteiger partial charge on any atom is -0.324 e. The van der Waals surface area contributed by atoms with Crippen molar-refractivity contribution in [2.24, 2.45) is 0 Å². The summed E-state index contributed by atoms with van der Waals surface area (Å²) in [5.41, 5.74) is 0. The van der Waals surface area contributed by atoms with Crippen molar-refractivity contribution in [3.63, 3.8) is 0 Å². The van der Waals surface area contributed by atoms with Crippen molar-refractivity contribution in [3.8, 4) is 0 Å². The molecule has 0 aromatic rings. The molecule has 0 saturated carbocycles. The quantitative estimate of drug-likeness (QED) is 0.389. The summed E-state index contributed by atoms with van der Waals surface area (Å²) in [7, 11) is -0.461. The molecule has 0 atom stereocenters. The summed E-state index contributed by atoms with van der Waals surface area (Å²) in [6.07, 6.45) is 0.406. The van der Waals surface area contributed by atoms with Gasteiger partial charge in [-0.1, -0.05) is 0 Å². The van der Waals surface area contributed by atoms with Gasteiger partial charge >= 0.3 is 7.60 Å². The molecular formula is C4H11NO3P. The maximum absolute atomic E-state index is 10.2. The topological polar surface area (TPSA) is 69.6 Å². The monoisotopic (exact) mass is 152 g/mol. The highest BCUT2D eigenvalue weighted by Crippen LogP contribution is 2.34. The van der Waals surface area contributed by atoms with Gasteiger partial charge in [-0.25, -0.2) is 0 Å². The van der Waals surface area contributed by atoms with Crippen molar-refractivity contribution in [3.05, 3.63) is 7.05 Å². The first kappa shape index (κ1) is 9.11. The molecule has 3 N–H and O–H groups in total. The van der Waals surface area contributed by atoms with Crippen LogP contribution in [0.2, 0.25) is 0 Å². The van der Waals surface area contributed by atoms with E-state index in [4.69, 9.17) is 9.79 Å².